The molecule has 90 valence electrons. The molecular formula is C12H8BrN3OS. The fourth-order valence-electron chi connectivity index (χ4n) is 1.82. The number of halogens is 1. The van der Waals surface area contributed by atoms with Crippen molar-refractivity contribution in [2.75, 3.05) is 0 Å². The van der Waals surface area contributed by atoms with E-state index in [1.807, 2.05) is 24.3 Å². The molecule has 4 nitrogen and oxygen atoms in total. The number of imidazole rings is 1. The Hall–Kier alpha value is -1.66. The number of hydrogen-bond acceptors (Lipinski definition) is 3. The Labute approximate surface area is 116 Å². The van der Waals surface area contributed by atoms with E-state index in [-0.39, 0.29) is 5.88 Å². The average Bonchev–Trinajstić information content (AvgIpc) is 2.84. The maximum Gasteiger partial charge on any atom is 0.215 e. The van der Waals surface area contributed by atoms with Gasteiger partial charge in [0.1, 0.15) is 5.69 Å². The van der Waals surface area contributed by atoms with Crippen LogP contribution in [-0.4, -0.2) is 21.3 Å². The topological polar surface area (TPSA) is 64.2 Å². The molecule has 1 aliphatic heterocycles. The number of benzene rings is 1. The number of aromatic amines is 2. The van der Waals surface area contributed by atoms with Gasteiger partial charge >= 0.3 is 0 Å². The minimum atomic E-state index is 0.0318. The molecule has 1 aromatic carbocycles. The summed E-state index contributed by atoms with van der Waals surface area (Å²) in [6.45, 7) is 0. The molecule has 0 unspecified atom stereocenters. The maximum absolute atomic E-state index is 9.64. The Morgan fingerprint density at radius 3 is 2.89 bits per heavy atom. The molecule has 0 aliphatic carbocycles. The summed E-state index contributed by atoms with van der Waals surface area (Å²) in [6.07, 6.45) is 3.57. The largest absolute Gasteiger partial charge is 0.493 e. The molecule has 1 aliphatic rings. The van der Waals surface area contributed by atoms with Crippen molar-refractivity contribution < 1.29 is 5.11 Å². The van der Waals surface area contributed by atoms with Gasteiger partial charge in [-0.2, -0.15) is 0 Å². The van der Waals surface area contributed by atoms with E-state index in [1.54, 1.807) is 6.21 Å². The van der Waals surface area contributed by atoms with Crippen LogP contribution in [0.5, 0.6) is 5.88 Å². The highest BCUT2D eigenvalue weighted by Gasteiger charge is 2.13. The van der Waals surface area contributed by atoms with Crippen LogP contribution < -0.4 is 0 Å². The second-order valence-corrected chi connectivity index (χ2v) is 5.18. The first-order valence-electron chi connectivity index (χ1n) is 5.20. The van der Waals surface area contributed by atoms with Gasteiger partial charge in [-0.1, -0.05) is 15.9 Å². The van der Waals surface area contributed by atoms with E-state index in [1.165, 1.54) is 0 Å². The van der Waals surface area contributed by atoms with E-state index in [0.717, 1.165) is 21.3 Å². The number of allylic oxidation sites excluding steroid dienone is 1. The molecule has 18 heavy (non-hydrogen) atoms. The highest BCUT2D eigenvalue weighted by Crippen LogP contribution is 2.35. The molecule has 0 bridgehead atoms. The zero-order valence-corrected chi connectivity index (χ0v) is 11.5. The summed E-state index contributed by atoms with van der Waals surface area (Å²) < 4.78 is 1.38. The van der Waals surface area contributed by atoms with Gasteiger partial charge in [0, 0.05) is 21.8 Å². The molecule has 1 aromatic heterocycles. The van der Waals surface area contributed by atoms with E-state index in [0.29, 0.717) is 10.5 Å². The lowest BCUT2D eigenvalue weighted by molar-refractivity contribution is 0.455. The van der Waals surface area contributed by atoms with Crippen molar-refractivity contribution in [1.82, 2.24) is 9.97 Å². The van der Waals surface area contributed by atoms with Crippen LogP contribution in [0.2, 0.25) is 0 Å². The van der Waals surface area contributed by atoms with Gasteiger partial charge in [-0.05, 0) is 36.5 Å². The normalized spacial score (nSPS) is 15.3. The SMILES string of the molecule is Oc1[nH]c(=S)[nH]c1/C=C1\C=Nc2ccc(Br)cc21. The first-order chi connectivity index (χ1) is 8.63. The van der Waals surface area contributed by atoms with Gasteiger partial charge in [-0.25, -0.2) is 0 Å². The zero-order chi connectivity index (χ0) is 12.7. The van der Waals surface area contributed by atoms with Crippen LogP contribution in [0, 0.1) is 4.77 Å². The molecule has 0 saturated heterocycles. The summed E-state index contributed by atoms with van der Waals surface area (Å²) in [6, 6.07) is 5.88. The van der Waals surface area contributed by atoms with Crippen LogP contribution in [0.3, 0.4) is 0 Å². The number of nitrogens with one attached hydrogen (secondary N) is 2. The van der Waals surface area contributed by atoms with Gasteiger partial charge in [0.2, 0.25) is 5.88 Å². The smallest absolute Gasteiger partial charge is 0.215 e. The van der Waals surface area contributed by atoms with Gasteiger partial charge in [0.05, 0.1) is 5.69 Å². The minimum Gasteiger partial charge on any atom is -0.493 e. The van der Waals surface area contributed by atoms with Crippen LogP contribution in [0.1, 0.15) is 11.3 Å². The fraction of sp³-hybridized carbons (Fsp3) is 0. The lowest BCUT2D eigenvalue weighted by atomic mass is 10.1. The first-order valence-corrected chi connectivity index (χ1v) is 6.40. The highest BCUT2D eigenvalue weighted by atomic mass is 79.9. The van der Waals surface area contributed by atoms with Crippen LogP contribution >= 0.6 is 28.1 Å². The van der Waals surface area contributed by atoms with Crippen molar-refractivity contribution >= 4 is 51.7 Å². The van der Waals surface area contributed by atoms with Crippen molar-refractivity contribution in [3.05, 3.63) is 38.7 Å². The number of H-pyrrole nitrogens is 2. The molecule has 0 saturated carbocycles. The van der Waals surface area contributed by atoms with Crippen molar-refractivity contribution in [1.29, 1.82) is 0 Å². The number of aromatic hydroxyl groups is 1. The van der Waals surface area contributed by atoms with Gasteiger partial charge in [0.25, 0.3) is 0 Å². The molecule has 3 rings (SSSR count). The summed E-state index contributed by atoms with van der Waals surface area (Å²) in [5.74, 6) is 0.0318. The van der Waals surface area contributed by atoms with Crippen LogP contribution in [0.15, 0.2) is 27.7 Å². The number of hydrogen-bond donors (Lipinski definition) is 3. The number of aliphatic imine (C=N–C) groups is 1. The zero-order valence-electron chi connectivity index (χ0n) is 9.07. The Morgan fingerprint density at radius 1 is 1.33 bits per heavy atom. The third-order valence-corrected chi connectivity index (χ3v) is 3.34. The highest BCUT2D eigenvalue weighted by molar-refractivity contribution is 9.10. The van der Waals surface area contributed by atoms with E-state index in [9.17, 15) is 5.11 Å². The molecule has 6 heteroatoms. The molecule has 0 radical (unpaired) electrons. The standard InChI is InChI=1S/C12H8BrN3OS/c13-7-1-2-9-8(4-7)6(5-14-9)3-10-11(17)16-12(18)15-10/h1-5,17H,(H2,15,16,18)/b6-3+. The molecule has 2 heterocycles. The van der Waals surface area contributed by atoms with E-state index in [2.05, 4.69) is 30.9 Å². The predicted octanol–water partition coefficient (Wildman–Crippen LogP) is 3.80. The lowest BCUT2D eigenvalue weighted by Crippen LogP contribution is -1.82. The predicted molar refractivity (Wildman–Crippen MR) is 77.8 cm³/mol. The molecule has 0 amide bonds. The second-order valence-electron chi connectivity index (χ2n) is 3.86. The van der Waals surface area contributed by atoms with Gasteiger partial charge in [0.15, 0.2) is 4.77 Å². The van der Waals surface area contributed by atoms with Gasteiger partial charge in [-0.3, -0.25) is 4.99 Å². The van der Waals surface area contributed by atoms with Crippen molar-refractivity contribution in [3.8, 4) is 5.88 Å². The van der Waals surface area contributed by atoms with Crippen molar-refractivity contribution in [2.24, 2.45) is 4.99 Å². The summed E-state index contributed by atoms with van der Waals surface area (Å²) in [7, 11) is 0. The third kappa shape index (κ3) is 1.93. The van der Waals surface area contributed by atoms with Gasteiger partial charge in [-0.15, -0.1) is 0 Å². The Bertz CT molecular complexity index is 742. The molecule has 0 fully saturated rings. The summed E-state index contributed by atoms with van der Waals surface area (Å²) in [5, 5.41) is 9.64. The summed E-state index contributed by atoms with van der Waals surface area (Å²) in [5.41, 5.74) is 3.41. The van der Waals surface area contributed by atoms with Crippen LogP contribution in [0.4, 0.5) is 5.69 Å². The lowest BCUT2D eigenvalue weighted by Gasteiger charge is -2.00. The van der Waals surface area contributed by atoms with E-state index >= 15 is 0 Å². The minimum absolute atomic E-state index is 0.0318. The monoisotopic (exact) mass is 321 g/mol. The van der Waals surface area contributed by atoms with Crippen LogP contribution in [-0.2, 0) is 0 Å². The Morgan fingerprint density at radius 2 is 2.17 bits per heavy atom. The molecular weight excluding hydrogens is 314 g/mol. The average molecular weight is 322 g/mol. The van der Waals surface area contributed by atoms with Crippen molar-refractivity contribution in [2.45, 2.75) is 0 Å². The summed E-state index contributed by atoms with van der Waals surface area (Å²) in [4.78, 5) is 9.82. The Balaban J connectivity index is 2.11. The number of nitrogens with zero attached hydrogens (tertiary/aromatic N) is 1. The number of aromatic nitrogens is 2. The molecule has 0 spiro atoms. The third-order valence-electron chi connectivity index (χ3n) is 2.65. The van der Waals surface area contributed by atoms with E-state index < -0.39 is 0 Å². The second kappa shape index (κ2) is 4.22. The Kier molecular flexibility index (Phi) is 2.68. The number of fused-ring (bicyclic) bond motifs is 1. The first kappa shape index (κ1) is 11.4. The molecule has 0 atom stereocenters. The quantitative estimate of drug-likeness (QED) is 0.699. The van der Waals surface area contributed by atoms with Crippen molar-refractivity contribution in [3.63, 3.8) is 0 Å². The van der Waals surface area contributed by atoms with Crippen LogP contribution in [0.25, 0.3) is 11.6 Å². The maximum atomic E-state index is 9.64. The van der Waals surface area contributed by atoms with E-state index in [4.69, 9.17) is 12.2 Å². The van der Waals surface area contributed by atoms with Gasteiger partial charge < -0.3 is 15.1 Å². The summed E-state index contributed by atoms with van der Waals surface area (Å²) >= 11 is 8.35. The fourth-order valence-corrected chi connectivity index (χ4v) is 2.39. The number of rotatable bonds is 1. The molecule has 3 N–H and O–H groups in total. The molecule has 2 aromatic rings.